The van der Waals surface area contributed by atoms with Crippen molar-refractivity contribution in [3.05, 3.63) is 106 Å². The highest BCUT2D eigenvalue weighted by Gasteiger charge is 2.21. The van der Waals surface area contributed by atoms with Crippen LogP contribution in [-0.4, -0.2) is 17.4 Å². The molecule has 0 aliphatic heterocycles. The molecule has 126 valence electrons. The first-order valence-corrected chi connectivity index (χ1v) is 8.74. The third kappa shape index (κ3) is 2.84. The van der Waals surface area contributed by atoms with Crippen LogP contribution in [-0.2, 0) is 0 Å². The lowest BCUT2D eigenvalue weighted by molar-refractivity contribution is 0.620. The molecule has 3 nitrogen and oxygen atoms in total. The summed E-state index contributed by atoms with van der Waals surface area (Å²) in [6.07, 6.45) is 0. The smallest absolute Gasteiger partial charge is 0.262 e. The molecule has 0 bridgehead atoms. The summed E-state index contributed by atoms with van der Waals surface area (Å²) in [5.41, 5.74) is 3.98. The maximum Gasteiger partial charge on any atom is 0.262 e. The maximum absolute atomic E-state index is 13.4. The number of aromatic nitrogens is 2. The zero-order valence-corrected chi connectivity index (χ0v) is 14.9. The zero-order valence-electron chi connectivity index (χ0n) is 14.9. The second-order valence-electron chi connectivity index (χ2n) is 6.58. The first-order chi connectivity index (χ1) is 12.6. The van der Waals surface area contributed by atoms with E-state index in [0.717, 1.165) is 22.1 Å². The number of hydrogen-bond donors (Lipinski definition) is 0. The minimum atomic E-state index is -0.205. The molecular formula is C22H19BN2O. The lowest BCUT2D eigenvalue weighted by Gasteiger charge is -2.23. The highest BCUT2D eigenvalue weighted by atomic mass is 16.1. The molecule has 3 aromatic carbocycles. The van der Waals surface area contributed by atoms with Crippen molar-refractivity contribution in [2.45, 2.75) is 13.0 Å². The van der Waals surface area contributed by atoms with Crippen LogP contribution in [0.15, 0.2) is 83.7 Å². The van der Waals surface area contributed by atoms with Gasteiger partial charge >= 0.3 is 0 Å². The topological polar surface area (TPSA) is 34.9 Å². The summed E-state index contributed by atoms with van der Waals surface area (Å²) in [7, 11) is 2.01. The Kier molecular flexibility index (Phi) is 4.17. The van der Waals surface area contributed by atoms with Gasteiger partial charge in [0.1, 0.15) is 13.7 Å². The van der Waals surface area contributed by atoms with E-state index in [9.17, 15) is 4.79 Å². The predicted octanol–water partition coefficient (Wildman–Crippen LogP) is 2.60. The molecule has 1 aromatic heterocycles. The number of hydrogen-bond acceptors (Lipinski definition) is 2. The summed E-state index contributed by atoms with van der Waals surface area (Å²) in [5, 5.41) is 0.651. The average Bonchev–Trinajstić information content (AvgIpc) is 2.66. The third-order valence-electron chi connectivity index (χ3n) is 4.72. The third-order valence-corrected chi connectivity index (χ3v) is 4.72. The van der Waals surface area contributed by atoms with E-state index >= 15 is 0 Å². The van der Waals surface area contributed by atoms with Crippen molar-refractivity contribution in [1.29, 1.82) is 0 Å². The molecule has 0 radical (unpaired) electrons. The molecule has 0 spiro atoms. The Labute approximate surface area is 153 Å². The first-order valence-electron chi connectivity index (χ1n) is 8.74. The minimum Gasteiger partial charge on any atom is -0.285 e. The Hall–Kier alpha value is -3.14. The molecular weight excluding hydrogens is 319 g/mol. The second-order valence-corrected chi connectivity index (χ2v) is 6.58. The van der Waals surface area contributed by atoms with Crippen molar-refractivity contribution in [3.8, 4) is 0 Å². The standard InChI is InChI=1S/C22H19BN2O/c1-15-24-20-14-18(23)12-13-19(20)22(26)25(15)21(16-8-4-2-5-9-16)17-10-6-3-7-11-17/h2-14,21H,23H2,1H3. The van der Waals surface area contributed by atoms with Gasteiger partial charge in [-0.05, 0) is 30.2 Å². The molecule has 0 aliphatic carbocycles. The minimum absolute atomic E-state index is 0.00907. The Morgan fingerprint density at radius 2 is 1.46 bits per heavy atom. The van der Waals surface area contributed by atoms with Crippen LogP contribution in [0.3, 0.4) is 0 Å². The van der Waals surface area contributed by atoms with Crippen LogP contribution in [0.2, 0.25) is 0 Å². The van der Waals surface area contributed by atoms with Gasteiger partial charge in [0.05, 0.1) is 16.9 Å². The van der Waals surface area contributed by atoms with Crippen molar-refractivity contribution >= 4 is 24.2 Å². The lowest BCUT2D eigenvalue weighted by atomic mass is 9.95. The number of fused-ring (bicyclic) bond motifs is 1. The van der Waals surface area contributed by atoms with Crippen molar-refractivity contribution in [1.82, 2.24) is 9.55 Å². The van der Waals surface area contributed by atoms with Crippen LogP contribution in [0.4, 0.5) is 0 Å². The van der Waals surface area contributed by atoms with E-state index in [1.165, 1.54) is 0 Å². The summed E-state index contributed by atoms with van der Waals surface area (Å²) in [6.45, 7) is 1.90. The molecule has 4 rings (SSSR count). The molecule has 0 atom stereocenters. The van der Waals surface area contributed by atoms with E-state index in [-0.39, 0.29) is 11.6 Å². The van der Waals surface area contributed by atoms with Crippen molar-refractivity contribution in [2.24, 2.45) is 0 Å². The molecule has 0 aliphatic rings. The quantitative estimate of drug-likeness (QED) is 0.538. The Morgan fingerprint density at radius 1 is 0.885 bits per heavy atom. The number of aryl methyl sites for hydroxylation is 1. The summed E-state index contributed by atoms with van der Waals surface area (Å²) in [4.78, 5) is 18.1. The Bertz CT molecular complexity index is 1080. The molecule has 4 aromatic rings. The van der Waals surface area contributed by atoms with Gasteiger partial charge in [-0.25, -0.2) is 4.98 Å². The van der Waals surface area contributed by atoms with Gasteiger partial charge in [-0.2, -0.15) is 0 Å². The molecule has 26 heavy (non-hydrogen) atoms. The number of nitrogens with zero attached hydrogens (tertiary/aromatic N) is 2. The molecule has 0 unspecified atom stereocenters. The summed E-state index contributed by atoms with van der Waals surface area (Å²) >= 11 is 0. The van der Waals surface area contributed by atoms with Gasteiger partial charge < -0.3 is 0 Å². The highest BCUT2D eigenvalue weighted by molar-refractivity contribution is 6.33. The fraction of sp³-hybridized carbons (Fsp3) is 0.0909. The van der Waals surface area contributed by atoms with E-state index in [4.69, 9.17) is 4.98 Å². The summed E-state index contributed by atoms with van der Waals surface area (Å²) in [5.74, 6) is 0.714. The molecule has 1 heterocycles. The Balaban J connectivity index is 2.03. The highest BCUT2D eigenvalue weighted by Crippen LogP contribution is 2.26. The van der Waals surface area contributed by atoms with Gasteiger partial charge in [0, 0.05) is 0 Å². The lowest BCUT2D eigenvalue weighted by Crippen LogP contribution is -2.30. The Morgan fingerprint density at radius 3 is 2.04 bits per heavy atom. The number of benzene rings is 3. The van der Waals surface area contributed by atoms with E-state index in [1.54, 1.807) is 0 Å². The predicted molar refractivity (Wildman–Crippen MR) is 109 cm³/mol. The van der Waals surface area contributed by atoms with E-state index in [0.29, 0.717) is 11.2 Å². The molecule has 0 saturated heterocycles. The van der Waals surface area contributed by atoms with Crippen LogP contribution in [0.1, 0.15) is 23.0 Å². The second kappa shape index (κ2) is 6.64. The molecule has 4 heteroatoms. The van der Waals surface area contributed by atoms with Gasteiger partial charge in [0.2, 0.25) is 0 Å². The molecule has 0 saturated carbocycles. The average molecular weight is 338 g/mol. The SMILES string of the molecule is Bc1ccc2c(=O)n(C(c3ccccc3)c3ccccc3)c(C)nc2c1. The largest absolute Gasteiger partial charge is 0.285 e. The fourth-order valence-corrected chi connectivity index (χ4v) is 3.49. The van der Waals surface area contributed by atoms with Gasteiger partial charge in [-0.3, -0.25) is 9.36 Å². The molecule has 0 amide bonds. The number of rotatable bonds is 3. The summed E-state index contributed by atoms with van der Waals surface area (Å²) < 4.78 is 1.81. The van der Waals surface area contributed by atoms with Crippen LogP contribution in [0, 0.1) is 6.92 Å². The van der Waals surface area contributed by atoms with Gasteiger partial charge in [0.25, 0.3) is 5.56 Å². The van der Waals surface area contributed by atoms with Gasteiger partial charge in [-0.1, -0.05) is 72.2 Å². The normalized spacial score (nSPS) is 11.2. The van der Waals surface area contributed by atoms with E-state index in [1.807, 2.05) is 73.9 Å². The van der Waals surface area contributed by atoms with Crippen molar-refractivity contribution in [2.75, 3.05) is 0 Å². The van der Waals surface area contributed by atoms with Crippen LogP contribution >= 0.6 is 0 Å². The zero-order chi connectivity index (χ0) is 18.1. The monoisotopic (exact) mass is 338 g/mol. The maximum atomic E-state index is 13.4. The van der Waals surface area contributed by atoms with Crippen molar-refractivity contribution in [3.63, 3.8) is 0 Å². The van der Waals surface area contributed by atoms with Crippen LogP contribution in [0.5, 0.6) is 0 Å². The van der Waals surface area contributed by atoms with Crippen LogP contribution in [0.25, 0.3) is 10.9 Å². The van der Waals surface area contributed by atoms with Gasteiger partial charge in [-0.15, -0.1) is 0 Å². The summed E-state index contributed by atoms with van der Waals surface area (Å²) in [6, 6.07) is 25.8. The van der Waals surface area contributed by atoms with Crippen molar-refractivity contribution < 1.29 is 0 Å². The fourth-order valence-electron chi connectivity index (χ4n) is 3.49. The first kappa shape index (κ1) is 16.3. The van der Waals surface area contributed by atoms with E-state index in [2.05, 4.69) is 24.3 Å². The van der Waals surface area contributed by atoms with Gasteiger partial charge in [0.15, 0.2) is 0 Å². The molecule has 0 N–H and O–H groups in total. The van der Waals surface area contributed by atoms with Crippen LogP contribution < -0.4 is 11.0 Å². The molecule has 0 fully saturated rings. The van der Waals surface area contributed by atoms with E-state index < -0.39 is 0 Å².